The average Bonchev–Trinajstić information content (AvgIpc) is 2.56. The maximum Gasteiger partial charge on any atom is 0.342 e. The Labute approximate surface area is 151 Å². The molecule has 3 amide bonds. The number of amides is 3. The molecule has 9 nitrogen and oxygen atoms in total. The monoisotopic (exact) mass is 368 g/mol. The summed E-state index contributed by atoms with van der Waals surface area (Å²) in [6.07, 6.45) is 0. The largest absolute Gasteiger partial charge is 0.496 e. The number of ether oxygens (including phenoxy) is 4. The lowest BCUT2D eigenvalue weighted by Gasteiger charge is -2.20. The number of nitrogens with one attached hydrogen (secondary N) is 2. The predicted molar refractivity (Wildman–Crippen MR) is 92.8 cm³/mol. The minimum atomic E-state index is -0.811. The number of imide groups is 1. The smallest absolute Gasteiger partial charge is 0.342 e. The summed E-state index contributed by atoms with van der Waals surface area (Å²) in [6, 6.07) is 2.17. The summed E-state index contributed by atoms with van der Waals surface area (Å²) >= 11 is 0. The Morgan fingerprint density at radius 1 is 0.923 bits per heavy atom. The van der Waals surface area contributed by atoms with Crippen LogP contribution in [0.2, 0.25) is 0 Å². The second kappa shape index (κ2) is 8.93. The van der Waals surface area contributed by atoms with Gasteiger partial charge in [-0.25, -0.2) is 9.59 Å². The van der Waals surface area contributed by atoms with Crippen LogP contribution in [0.25, 0.3) is 0 Å². The van der Waals surface area contributed by atoms with Crippen molar-refractivity contribution in [1.82, 2.24) is 10.6 Å². The Kier molecular flexibility index (Phi) is 7.24. The number of rotatable bonds is 6. The van der Waals surface area contributed by atoms with Crippen LogP contribution in [0, 0.1) is 0 Å². The van der Waals surface area contributed by atoms with E-state index in [-0.39, 0.29) is 11.3 Å². The third-order valence-corrected chi connectivity index (χ3v) is 3.00. The zero-order valence-corrected chi connectivity index (χ0v) is 15.7. The molecule has 0 saturated heterocycles. The minimum Gasteiger partial charge on any atom is -0.496 e. The number of benzene rings is 1. The molecular formula is C17H24N2O7. The highest BCUT2D eigenvalue weighted by molar-refractivity contribution is 5.98. The van der Waals surface area contributed by atoms with E-state index in [1.807, 2.05) is 0 Å². The number of carbonyl (C=O) groups excluding carboxylic acids is 3. The zero-order chi connectivity index (χ0) is 19.9. The minimum absolute atomic E-state index is 0.0529. The maximum absolute atomic E-state index is 12.2. The molecule has 26 heavy (non-hydrogen) atoms. The van der Waals surface area contributed by atoms with Crippen LogP contribution in [-0.4, -0.2) is 51.4 Å². The first-order valence-electron chi connectivity index (χ1n) is 7.70. The highest BCUT2D eigenvalue weighted by Gasteiger charge is 2.21. The van der Waals surface area contributed by atoms with E-state index in [4.69, 9.17) is 18.9 Å². The number of hydrogen-bond acceptors (Lipinski definition) is 7. The summed E-state index contributed by atoms with van der Waals surface area (Å²) in [6.45, 7) is 4.66. The van der Waals surface area contributed by atoms with Gasteiger partial charge in [-0.1, -0.05) is 0 Å². The van der Waals surface area contributed by atoms with Crippen molar-refractivity contribution < 1.29 is 33.3 Å². The molecule has 1 aromatic carbocycles. The first-order chi connectivity index (χ1) is 12.1. The van der Waals surface area contributed by atoms with E-state index < -0.39 is 30.1 Å². The molecule has 1 rings (SSSR count). The fourth-order valence-corrected chi connectivity index (χ4v) is 1.93. The van der Waals surface area contributed by atoms with E-state index in [1.54, 1.807) is 20.8 Å². The van der Waals surface area contributed by atoms with Crippen LogP contribution in [0.15, 0.2) is 12.1 Å². The van der Waals surface area contributed by atoms with Gasteiger partial charge in [0.25, 0.3) is 5.91 Å². The quantitative estimate of drug-likeness (QED) is 0.732. The summed E-state index contributed by atoms with van der Waals surface area (Å²) in [4.78, 5) is 35.6. The lowest BCUT2D eigenvalue weighted by Crippen LogP contribution is -2.49. The molecule has 0 heterocycles. The molecule has 0 spiro atoms. The van der Waals surface area contributed by atoms with Crippen LogP contribution in [0.3, 0.4) is 0 Å². The highest BCUT2D eigenvalue weighted by atomic mass is 16.5. The van der Waals surface area contributed by atoms with Gasteiger partial charge in [0.1, 0.15) is 11.3 Å². The first kappa shape index (κ1) is 21.1. The maximum atomic E-state index is 12.2. The second-order valence-corrected chi connectivity index (χ2v) is 6.24. The van der Waals surface area contributed by atoms with Crippen molar-refractivity contribution in [2.24, 2.45) is 0 Å². The highest BCUT2D eigenvalue weighted by Crippen LogP contribution is 2.34. The summed E-state index contributed by atoms with van der Waals surface area (Å²) in [5.41, 5.74) is -0.453. The standard InChI is InChI=1S/C17H24N2O7/c1-17(2,3)19-16(22)18-14(20)9-26-15(21)10-7-12(24-5)13(25-6)8-11(10)23-4/h7-8H,9H2,1-6H3,(H2,18,19,20,22). The number of carbonyl (C=O) groups is 3. The van der Waals surface area contributed by atoms with Gasteiger partial charge in [0.2, 0.25) is 0 Å². The lowest BCUT2D eigenvalue weighted by molar-refractivity contribution is -0.123. The third kappa shape index (κ3) is 6.15. The van der Waals surface area contributed by atoms with Crippen LogP contribution in [-0.2, 0) is 9.53 Å². The molecule has 0 bridgehead atoms. The topological polar surface area (TPSA) is 112 Å². The molecule has 0 aromatic heterocycles. The van der Waals surface area contributed by atoms with Crippen LogP contribution < -0.4 is 24.8 Å². The molecule has 0 aliphatic heterocycles. The number of esters is 1. The van der Waals surface area contributed by atoms with Crippen LogP contribution in [0.4, 0.5) is 4.79 Å². The molecule has 0 atom stereocenters. The van der Waals surface area contributed by atoms with E-state index in [0.717, 1.165) is 0 Å². The van der Waals surface area contributed by atoms with Crippen molar-refractivity contribution in [3.63, 3.8) is 0 Å². The van der Waals surface area contributed by atoms with Gasteiger partial charge in [0.05, 0.1) is 21.3 Å². The lowest BCUT2D eigenvalue weighted by atomic mass is 10.1. The van der Waals surface area contributed by atoms with Gasteiger partial charge >= 0.3 is 12.0 Å². The van der Waals surface area contributed by atoms with Crippen molar-refractivity contribution in [2.45, 2.75) is 26.3 Å². The molecule has 0 fully saturated rings. The van der Waals surface area contributed by atoms with Gasteiger partial charge in [-0.2, -0.15) is 0 Å². The van der Waals surface area contributed by atoms with Gasteiger partial charge in [0, 0.05) is 17.7 Å². The van der Waals surface area contributed by atoms with Gasteiger partial charge in [-0.05, 0) is 20.8 Å². The van der Waals surface area contributed by atoms with Crippen molar-refractivity contribution in [1.29, 1.82) is 0 Å². The number of methoxy groups -OCH3 is 3. The second-order valence-electron chi connectivity index (χ2n) is 6.24. The Morgan fingerprint density at radius 3 is 1.96 bits per heavy atom. The van der Waals surface area contributed by atoms with Crippen LogP contribution in [0.1, 0.15) is 31.1 Å². The van der Waals surface area contributed by atoms with E-state index >= 15 is 0 Å². The average molecular weight is 368 g/mol. The molecule has 0 radical (unpaired) electrons. The summed E-state index contributed by atoms with van der Waals surface area (Å²) in [5, 5.41) is 4.62. The fourth-order valence-electron chi connectivity index (χ4n) is 1.93. The van der Waals surface area contributed by atoms with Crippen molar-refractivity contribution in [3.05, 3.63) is 17.7 Å². The van der Waals surface area contributed by atoms with Gasteiger partial charge in [-0.3, -0.25) is 10.1 Å². The molecule has 0 saturated carbocycles. The Balaban J connectivity index is 2.76. The van der Waals surface area contributed by atoms with E-state index in [0.29, 0.717) is 11.5 Å². The van der Waals surface area contributed by atoms with E-state index in [9.17, 15) is 14.4 Å². The van der Waals surface area contributed by atoms with E-state index in [1.165, 1.54) is 33.5 Å². The normalized spacial score (nSPS) is 10.5. The van der Waals surface area contributed by atoms with Crippen LogP contribution in [0.5, 0.6) is 17.2 Å². The summed E-state index contributed by atoms with van der Waals surface area (Å²) in [5.74, 6) is -0.709. The molecule has 144 valence electrons. The SMILES string of the molecule is COc1cc(OC)c(C(=O)OCC(=O)NC(=O)NC(C)(C)C)cc1OC. The van der Waals surface area contributed by atoms with Crippen LogP contribution >= 0.6 is 0 Å². The number of hydrogen-bond donors (Lipinski definition) is 2. The van der Waals surface area contributed by atoms with Crippen molar-refractivity contribution in [3.8, 4) is 17.2 Å². The first-order valence-corrected chi connectivity index (χ1v) is 7.70. The Hall–Kier alpha value is -2.97. The molecular weight excluding hydrogens is 344 g/mol. The molecule has 9 heteroatoms. The summed E-state index contributed by atoms with van der Waals surface area (Å²) in [7, 11) is 4.24. The van der Waals surface area contributed by atoms with Crippen molar-refractivity contribution in [2.75, 3.05) is 27.9 Å². The number of urea groups is 1. The summed E-state index contributed by atoms with van der Waals surface area (Å²) < 4.78 is 20.3. The predicted octanol–water partition coefficient (Wildman–Crippen LogP) is 1.49. The molecule has 0 aliphatic carbocycles. The molecule has 0 unspecified atom stereocenters. The van der Waals surface area contributed by atoms with Gasteiger partial charge in [0.15, 0.2) is 18.1 Å². The Morgan fingerprint density at radius 2 is 1.46 bits per heavy atom. The molecule has 1 aromatic rings. The van der Waals surface area contributed by atoms with Gasteiger partial charge < -0.3 is 24.3 Å². The Bertz CT molecular complexity index is 680. The molecule has 2 N–H and O–H groups in total. The fraction of sp³-hybridized carbons (Fsp3) is 0.471. The van der Waals surface area contributed by atoms with E-state index in [2.05, 4.69) is 10.6 Å². The van der Waals surface area contributed by atoms with Gasteiger partial charge in [-0.15, -0.1) is 0 Å². The zero-order valence-electron chi connectivity index (χ0n) is 15.7. The third-order valence-electron chi connectivity index (χ3n) is 3.00. The van der Waals surface area contributed by atoms with Crippen molar-refractivity contribution >= 4 is 17.9 Å². The molecule has 0 aliphatic rings.